The highest BCUT2D eigenvalue weighted by Gasteiger charge is 2.15. The number of nitrogens with zero attached hydrogens (tertiary/aromatic N) is 1. The predicted molar refractivity (Wildman–Crippen MR) is 79.1 cm³/mol. The molecule has 1 unspecified atom stereocenters. The first-order valence-electron chi connectivity index (χ1n) is 6.79. The summed E-state index contributed by atoms with van der Waals surface area (Å²) in [6.45, 7) is 4.39. The van der Waals surface area contributed by atoms with Crippen LogP contribution in [-0.4, -0.2) is 16.1 Å². The van der Waals surface area contributed by atoms with Crippen molar-refractivity contribution in [3.8, 4) is 0 Å². The van der Waals surface area contributed by atoms with E-state index in [4.69, 9.17) is 5.11 Å². The van der Waals surface area contributed by atoms with E-state index in [2.05, 4.69) is 18.8 Å². The van der Waals surface area contributed by atoms with E-state index in [0.29, 0.717) is 11.5 Å². The molecule has 102 valence electrons. The third kappa shape index (κ3) is 3.13. The average molecular weight is 277 g/mol. The van der Waals surface area contributed by atoms with Gasteiger partial charge in [-0.1, -0.05) is 26.7 Å². The molecule has 1 N–H and O–H groups in total. The summed E-state index contributed by atoms with van der Waals surface area (Å²) in [5, 5.41) is 10.2. The van der Waals surface area contributed by atoms with Crippen LogP contribution in [0.2, 0.25) is 0 Å². The Bertz CT molecular complexity index is 577. The Balaban J connectivity index is 2.31. The molecule has 2 aromatic rings. The van der Waals surface area contributed by atoms with E-state index in [1.54, 1.807) is 23.5 Å². The lowest BCUT2D eigenvalue weighted by Crippen LogP contribution is -1.96. The number of hydrogen-bond acceptors (Lipinski definition) is 3. The minimum atomic E-state index is -0.880. The second kappa shape index (κ2) is 6.15. The Morgan fingerprint density at radius 2 is 2.21 bits per heavy atom. The molecule has 0 saturated carbocycles. The molecule has 0 saturated heterocycles. The Morgan fingerprint density at radius 1 is 1.42 bits per heavy atom. The molecule has 0 aliphatic rings. The lowest BCUT2D eigenvalue weighted by Gasteiger charge is -2.10. The van der Waals surface area contributed by atoms with Crippen LogP contribution in [0.15, 0.2) is 18.2 Å². The highest BCUT2D eigenvalue weighted by molar-refractivity contribution is 7.18. The van der Waals surface area contributed by atoms with E-state index < -0.39 is 5.97 Å². The van der Waals surface area contributed by atoms with Crippen molar-refractivity contribution < 1.29 is 9.90 Å². The zero-order valence-corrected chi connectivity index (χ0v) is 12.2. The van der Waals surface area contributed by atoms with Crippen LogP contribution >= 0.6 is 11.3 Å². The molecule has 1 aromatic heterocycles. The van der Waals surface area contributed by atoms with Crippen LogP contribution in [0.5, 0.6) is 0 Å². The van der Waals surface area contributed by atoms with Crippen molar-refractivity contribution >= 4 is 27.5 Å². The lowest BCUT2D eigenvalue weighted by molar-refractivity contribution is 0.0697. The Kier molecular flexibility index (Phi) is 4.53. The van der Waals surface area contributed by atoms with Gasteiger partial charge in [-0.05, 0) is 31.0 Å². The summed E-state index contributed by atoms with van der Waals surface area (Å²) in [6, 6.07) is 5.16. The van der Waals surface area contributed by atoms with Crippen LogP contribution in [0.4, 0.5) is 0 Å². The number of aromatic carboxylic acids is 1. The van der Waals surface area contributed by atoms with Gasteiger partial charge in [-0.15, -0.1) is 11.3 Å². The van der Waals surface area contributed by atoms with Gasteiger partial charge in [0.25, 0.3) is 0 Å². The van der Waals surface area contributed by atoms with E-state index in [9.17, 15) is 4.79 Å². The summed E-state index contributed by atoms with van der Waals surface area (Å²) in [6.07, 6.45) is 4.67. The number of thiazole rings is 1. The van der Waals surface area contributed by atoms with Crippen LogP contribution in [0.3, 0.4) is 0 Å². The van der Waals surface area contributed by atoms with E-state index in [-0.39, 0.29) is 0 Å². The van der Waals surface area contributed by atoms with Crippen LogP contribution in [-0.2, 0) is 0 Å². The van der Waals surface area contributed by atoms with Gasteiger partial charge < -0.3 is 5.11 Å². The highest BCUT2D eigenvalue weighted by Crippen LogP contribution is 2.32. The summed E-state index contributed by atoms with van der Waals surface area (Å²) in [7, 11) is 0. The average Bonchev–Trinajstić information content (AvgIpc) is 2.82. The van der Waals surface area contributed by atoms with Crippen molar-refractivity contribution in [3.05, 3.63) is 28.8 Å². The van der Waals surface area contributed by atoms with Gasteiger partial charge in [0.1, 0.15) is 0 Å². The molecular weight excluding hydrogens is 258 g/mol. The van der Waals surface area contributed by atoms with Crippen molar-refractivity contribution in [1.29, 1.82) is 0 Å². The fraction of sp³-hybridized carbons (Fsp3) is 0.467. The number of carbonyl (C=O) groups is 1. The molecule has 0 aliphatic carbocycles. The molecule has 0 fully saturated rings. The van der Waals surface area contributed by atoms with Gasteiger partial charge in [0.2, 0.25) is 0 Å². The second-order valence-corrected chi connectivity index (χ2v) is 5.85. The largest absolute Gasteiger partial charge is 0.478 e. The summed E-state index contributed by atoms with van der Waals surface area (Å²) < 4.78 is 0.977. The Labute approximate surface area is 117 Å². The SMILES string of the molecule is CCCCC(CC)c1nc2ccc(C(=O)O)cc2s1. The Morgan fingerprint density at radius 3 is 2.84 bits per heavy atom. The molecule has 19 heavy (non-hydrogen) atoms. The molecule has 1 aromatic carbocycles. The van der Waals surface area contributed by atoms with E-state index >= 15 is 0 Å². The maximum atomic E-state index is 11.0. The highest BCUT2D eigenvalue weighted by atomic mass is 32.1. The number of fused-ring (bicyclic) bond motifs is 1. The van der Waals surface area contributed by atoms with Gasteiger partial charge in [-0.3, -0.25) is 0 Å². The van der Waals surface area contributed by atoms with E-state index in [1.165, 1.54) is 19.3 Å². The van der Waals surface area contributed by atoms with Crippen molar-refractivity contribution in [2.75, 3.05) is 0 Å². The summed E-state index contributed by atoms with van der Waals surface area (Å²) in [5.74, 6) is -0.375. The fourth-order valence-electron chi connectivity index (χ4n) is 2.20. The van der Waals surface area contributed by atoms with Crippen molar-refractivity contribution in [2.45, 2.75) is 45.4 Å². The quantitative estimate of drug-likeness (QED) is 0.834. The van der Waals surface area contributed by atoms with E-state index in [1.807, 2.05) is 6.07 Å². The number of hydrogen-bond donors (Lipinski definition) is 1. The molecule has 0 radical (unpaired) electrons. The van der Waals surface area contributed by atoms with Crippen LogP contribution < -0.4 is 0 Å². The minimum Gasteiger partial charge on any atom is -0.478 e. The standard InChI is InChI=1S/C15H19NO2S/c1-3-5-6-10(4-2)14-16-12-8-7-11(15(17)18)9-13(12)19-14/h7-10H,3-6H2,1-2H3,(H,17,18). The zero-order chi connectivity index (χ0) is 13.8. The first kappa shape index (κ1) is 14.0. The number of carboxylic acid groups (broad SMARTS) is 1. The topological polar surface area (TPSA) is 50.2 Å². The maximum absolute atomic E-state index is 11.0. The molecule has 0 spiro atoms. The van der Waals surface area contributed by atoms with E-state index in [0.717, 1.165) is 21.6 Å². The van der Waals surface area contributed by atoms with Crippen LogP contribution in [0.25, 0.3) is 10.2 Å². The lowest BCUT2D eigenvalue weighted by atomic mass is 10.0. The number of rotatable bonds is 6. The third-order valence-corrected chi connectivity index (χ3v) is 4.58. The molecule has 0 amide bonds. The molecule has 3 nitrogen and oxygen atoms in total. The Hall–Kier alpha value is -1.42. The first-order chi connectivity index (χ1) is 9.15. The molecule has 0 aliphatic heterocycles. The second-order valence-electron chi connectivity index (χ2n) is 4.79. The van der Waals surface area contributed by atoms with Crippen molar-refractivity contribution in [1.82, 2.24) is 4.98 Å². The molecule has 2 rings (SSSR count). The number of benzene rings is 1. The summed E-state index contributed by atoms with van der Waals surface area (Å²) in [5.41, 5.74) is 1.25. The molecular formula is C15H19NO2S. The van der Waals surface area contributed by atoms with Crippen molar-refractivity contribution in [3.63, 3.8) is 0 Å². The van der Waals surface area contributed by atoms with Gasteiger partial charge in [0, 0.05) is 5.92 Å². The smallest absolute Gasteiger partial charge is 0.335 e. The zero-order valence-electron chi connectivity index (χ0n) is 11.3. The predicted octanol–water partition coefficient (Wildman–Crippen LogP) is 4.68. The monoisotopic (exact) mass is 277 g/mol. The van der Waals surface area contributed by atoms with Crippen LogP contribution in [0, 0.1) is 0 Å². The van der Waals surface area contributed by atoms with Gasteiger partial charge in [0.15, 0.2) is 0 Å². The number of aromatic nitrogens is 1. The van der Waals surface area contributed by atoms with Crippen molar-refractivity contribution in [2.24, 2.45) is 0 Å². The first-order valence-corrected chi connectivity index (χ1v) is 7.61. The summed E-state index contributed by atoms with van der Waals surface area (Å²) >= 11 is 1.64. The van der Waals surface area contributed by atoms with Gasteiger partial charge >= 0.3 is 5.97 Å². The minimum absolute atomic E-state index is 0.337. The van der Waals surface area contributed by atoms with Gasteiger partial charge in [-0.25, -0.2) is 9.78 Å². The van der Waals surface area contributed by atoms with Crippen LogP contribution in [0.1, 0.15) is 60.8 Å². The molecule has 1 atom stereocenters. The third-order valence-electron chi connectivity index (χ3n) is 3.40. The van der Waals surface area contributed by atoms with Gasteiger partial charge in [0.05, 0.1) is 20.8 Å². The molecule has 1 heterocycles. The van der Waals surface area contributed by atoms with Gasteiger partial charge in [-0.2, -0.15) is 0 Å². The fourth-order valence-corrected chi connectivity index (χ4v) is 3.43. The maximum Gasteiger partial charge on any atom is 0.335 e. The summed E-state index contributed by atoms with van der Waals surface area (Å²) in [4.78, 5) is 15.6. The molecule has 0 bridgehead atoms. The molecule has 4 heteroatoms. The number of unbranched alkanes of at least 4 members (excludes halogenated alkanes) is 1. The number of carboxylic acids is 1. The normalized spacial score (nSPS) is 12.7.